The maximum Gasteiger partial charge on any atom is 0.270 e. The van der Waals surface area contributed by atoms with Crippen LogP contribution in [-0.4, -0.2) is 72.3 Å². The Balaban J connectivity index is 1.75. The van der Waals surface area contributed by atoms with E-state index in [2.05, 4.69) is 11.1 Å². The standard InChI is InChI=1S/C20H26N6O3S/c1-4-26(5-2)30(28,29)17-13-18(23(3)15-17)20(27)25-11-9-24(10-12-25)19-16(14-21)7-6-8-22-19/h6-8,13,15H,4-5,9-12H2,1-3H3. The van der Waals surface area contributed by atoms with Crippen LogP contribution in [-0.2, 0) is 17.1 Å². The summed E-state index contributed by atoms with van der Waals surface area (Å²) in [5.74, 6) is 0.415. The second kappa shape index (κ2) is 8.85. The number of nitrogens with zero attached hydrogens (tertiary/aromatic N) is 6. The van der Waals surface area contributed by atoms with Gasteiger partial charge in [-0.15, -0.1) is 0 Å². The Bertz CT molecular complexity index is 1060. The second-order valence-electron chi connectivity index (χ2n) is 7.03. The van der Waals surface area contributed by atoms with Gasteiger partial charge in [-0.3, -0.25) is 4.79 Å². The number of amides is 1. The predicted octanol–water partition coefficient (Wildman–Crippen LogP) is 1.28. The molecule has 30 heavy (non-hydrogen) atoms. The average Bonchev–Trinajstić information content (AvgIpc) is 3.16. The number of nitriles is 1. The van der Waals surface area contributed by atoms with Gasteiger partial charge in [0, 0.05) is 58.7 Å². The van der Waals surface area contributed by atoms with E-state index in [0.29, 0.717) is 56.3 Å². The molecule has 1 fully saturated rings. The molecule has 0 aromatic carbocycles. The van der Waals surface area contributed by atoms with E-state index in [1.54, 1.807) is 48.7 Å². The minimum Gasteiger partial charge on any atom is -0.352 e. The highest BCUT2D eigenvalue weighted by Gasteiger charge is 2.29. The fourth-order valence-corrected chi connectivity index (χ4v) is 5.15. The third-order valence-electron chi connectivity index (χ3n) is 5.32. The zero-order valence-corrected chi connectivity index (χ0v) is 18.3. The third kappa shape index (κ3) is 4.04. The largest absolute Gasteiger partial charge is 0.352 e. The highest BCUT2D eigenvalue weighted by molar-refractivity contribution is 7.89. The Kier molecular flexibility index (Phi) is 6.43. The lowest BCUT2D eigenvalue weighted by Crippen LogP contribution is -2.49. The van der Waals surface area contributed by atoms with Gasteiger partial charge in [0.25, 0.3) is 5.91 Å². The maximum atomic E-state index is 13.0. The van der Waals surface area contributed by atoms with Crippen LogP contribution in [0.2, 0.25) is 0 Å². The summed E-state index contributed by atoms with van der Waals surface area (Å²) in [5, 5.41) is 9.27. The van der Waals surface area contributed by atoms with Crippen molar-refractivity contribution in [2.75, 3.05) is 44.2 Å². The lowest BCUT2D eigenvalue weighted by atomic mass is 10.2. The SMILES string of the molecule is CCN(CC)S(=O)(=O)c1cc(C(=O)N2CCN(c3ncccc3C#N)CC2)n(C)c1. The van der Waals surface area contributed by atoms with E-state index in [4.69, 9.17) is 0 Å². The number of carbonyl (C=O) groups is 1. The highest BCUT2D eigenvalue weighted by atomic mass is 32.2. The van der Waals surface area contributed by atoms with Gasteiger partial charge < -0.3 is 14.4 Å². The molecule has 0 bridgehead atoms. The van der Waals surface area contributed by atoms with Crippen molar-refractivity contribution in [3.8, 4) is 6.07 Å². The van der Waals surface area contributed by atoms with Gasteiger partial charge in [-0.05, 0) is 18.2 Å². The first kappa shape index (κ1) is 21.8. The Morgan fingerprint density at radius 2 is 1.90 bits per heavy atom. The summed E-state index contributed by atoms with van der Waals surface area (Å²) in [5.41, 5.74) is 0.843. The van der Waals surface area contributed by atoms with E-state index in [1.165, 1.54) is 16.6 Å². The number of piperazine rings is 1. The number of anilines is 1. The molecule has 1 aliphatic heterocycles. The third-order valence-corrected chi connectivity index (χ3v) is 7.33. The van der Waals surface area contributed by atoms with Gasteiger partial charge in [-0.2, -0.15) is 9.57 Å². The number of aromatic nitrogens is 2. The first-order valence-electron chi connectivity index (χ1n) is 9.89. The molecule has 0 spiro atoms. The van der Waals surface area contributed by atoms with Crippen molar-refractivity contribution in [2.24, 2.45) is 7.05 Å². The lowest BCUT2D eigenvalue weighted by Gasteiger charge is -2.35. The number of aryl methyl sites for hydroxylation is 1. The van der Waals surface area contributed by atoms with Crippen molar-refractivity contribution in [2.45, 2.75) is 18.7 Å². The van der Waals surface area contributed by atoms with Gasteiger partial charge in [0.1, 0.15) is 22.5 Å². The molecule has 1 saturated heterocycles. The summed E-state index contributed by atoms with van der Waals surface area (Å²) in [6.45, 7) is 6.34. The molecule has 1 amide bonds. The van der Waals surface area contributed by atoms with Gasteiger partial charge in [0.05, 0.1) is 5.56 Å². The van der Waals surface area contributed by atoms with Gasteiger partial charge in [-0.25, -0.2) is 13.4 Å². The van der Waals surface area contributed by atoms with Crippen LogP contribution in [0.4, 0.5) is 5.82 Å². The Hall–Kier alpha value is -2.90. The smallest absolute Gasteiger partial charge is 0.270 e. The number of sulfonamides is 1. The highest BCUT2D eigenvalue weighted by Crippen LogP contribution is 2.22. The Morgan fingerprint density at radius 1 is 1.23 bits per heavy atom. The van der Waals surface area contributed by atoms with Gasteiger partial charge >= 0.3 is 0 Å². The number of carbonyl (C=O) groups excluding carboxylic acids is 1. The molecular weight excluding hydrogens is 404 g/mol. The lowest BCUT2D eigenvalue weighted by molar-refractivity contribution is 0.0737. The molecule has 0 unspecified atom stereocenters. The van der Waals surface area contributed by atoms with Gasteiger partial charge in [-0.1, -0.05) is 13.8 Å². The molecule has 1 aliphatic rings. The number of hydrogen-bond donors (Lipinski definition) is 0. The van der Waals surface area contributed by atoms with Gasteiger partial charge in [0.15, 0.2) is 0 Å². The zero-order chi connectivity index (χ0) is 21.9. The van der Waals surface area contributed by atoms with Crippen LogP contribution < -0.4 is 4.90 Å². The Morgan fingerprint density at radius 3 is 2.50 bits per heavy atom. The monoisotopic (exact) mass is 430 g/mol. The van der Waals surface area contributed by atoms with Gasteiger partial charge in [0.2, 0.25) is 10.0 Å². The fraction of sp³-hybridized carbons (Fsp3) is 0.450. The normalized spacial score (nSPS) is 14.8. The predicted molar refractivity (Wildman–Crippen MR) is 113 cm³/mol. The van der Waals surface area contributed by atoms with Crippen LogP contribution in [0.5, 0.6) is 0 Å². The molecule has 2 aromatic rings. The maximum absolute atomic E-state index is 13.0. The van der Waals surface area contributed by atoms with Crippen molar-refractivity contribution in [3.05, 3.63) is 41.9 Å². The summed E-state index contributed by atoms with van der Waals surface area (Å²) in [6.07, 6.45) is 3.14. The topological polar surface area (TPSA) is 103 Å². The van der Waals surface area contributed by atoms with Crippen molar-refractivity contribution in [1.82, 2.24) is 18.8 Å². The Labute approximate surface area is 177 Å². The molecule has 9 nitrogen and oxygen atoms in total. The molecule has 3 rings (SSSR count). The number of pyridine rings is 1. The summed E-state index contributed by atoms with van der Waals surface area (Å²) in [6, 6.07) is 7.05. The molecule has 0 saturated carbocycles. The first-order valence-corrected chi connectivity index (χ1v) is 11.3. The van der Waals surface area contributed by atoms with E-state index in [-0.39, 0.29) is 10.8 Å². The van der Waals surface area contributed by atoms with E-state index in [0.717, 1.165) is 0 Å². The summed E-state index contributed by atoms with van der Waals surface area (Å²) in [7, 11) is -1.95. The van der Waals surface area contributed by atoms with Crippen LogP contribution in [0.3, 0.4) is 0 Å². The number of rotatable bonds is 6. The molecule has 0 aliphatic carbocycles. The molecule has 0 atom stereocenters. The van der Waals surface area contributed by atoms with Crippen LogP contribution >= 0.6 is 0 Å². The summed E-state index contributed by atoms with van der Waals surface area (Å²) < 4.78 is 28.5. The molecule has 3 heterocycles. The minimum absolute atomic E-state index is 0.128. The van der Waals surface area contributed by atoms with Crippen molar-refractivity contribution in [1.29, 1.82) is 5.26 Å². The summed E-state index contributed by atoms with van der Waals surface area (Å²) >= 11 is 0. The molecule has 10 heteroatoms. The van der Waals surface area contributed by atoms with Crippen LogP contribution in [0.15, 0.2) is 35.5 Å². The van der Waals surface area contributed by atoms with Crippen molar-refractivity contribution < 1.29 is 13.2 Å². The minimum atomic E-state index is -3.62. The first-order chi connectivity index (χ1) is 14.3. The van der Waals surface area contributed by atoms with E-state index in [9.17, 15) is 18.5 Å². The fourth-order valence-electron chi connectivity index (χ4n) is 3.62. The second-order valence-corrected chi connectivity index (χ2v) is 8.96. The zero-order valence-electron chi connectivity index (χ0n) is 17.4. The van der Waals surface area contributed by atoms with Crippen molar-refractivity contribution in [3.63, 3.8) is 0 Å². The van der Waals surface area contributed by atoms with Crippen molar-refractivity contribution >= 4 is 21.7 Å². The van der Waals surface area contributed by atoms with Crippen LogP contribution in [0, 0.1) is 11.3 Å². The van der Waals surface area contributed by atoms with E-state index >= 15 is 0 Å². The van der Waals surface area contributed by atoms with Crippen LogP contribution in [0.25, 0.3) is 0 Å². The molecular formula is C20H26N6O3S. The molecule has 160 valence electrons. The van der Waals surface area contributed by atoms with E-state index < -0.39 is 10.0 Å². The molecule has 0 N–H and O–H groups in total. The average molecular weight is 431 g/mol. The number of hydrogen-bond acceptors (Lipinski definition) is 6. The summed E-state index contributed by atoms with van der Waals surface area (Å²) in [4.78, 5) is 21.2. The molecule has 2 aromatic heterocycles. The van der Waals surface area contributed by atoms with Crippen LogP contribution in [0.1, 0.15) is 29.9 Å². The molecule has 0 radical (unpaired) electrons. The van der Waals surface area contributed by atoms with E-state index in [1.807, 2.05) is 4.90 Å². The quantitative estimate of drug-likeness (QED) is 0.684.